The minimum absolute atomic E-state index is 0.0785. The normalized spacial score (nSPS) is 14.7. The molecule has 0 saturated carbocycles. The summed E-state index contributed by atoms with van der Waals surface area (Å²) in [6.45, 7) is 1.39. The number of benzene rings is 1. The monoisotopic (exact) mass is 488 g/mol. The van der Waals surface area contributed by atoms with Crippen molar-refractivity contribution < 1.29 is 22.4 Å². The van der Waals surface area contributed by atoms with E-state index in [4.69, 9.17) is 4.42 Å². The van der Waals surface area contributed by atoms with Gasteiger partial charge in [0.2, 0.25) is 10.0 Å². The molecule has 0 aliphatic carbocycles. The highest BCUT2D eigenvalue weighted by Gasteiger charge is 2.27. The van der Waals surface area contributed by atoms with Crippen LogP contribution in [0.2, 0.25) is 0 Å². The average molecular weight is 489 g/mol. The molecule has 33 heavy (non-hydrogen) atoms. The Morgan fingerprint density at radius 2 is 1.82 bits per heavy atom. The van der Waals surface area contributed by atoms with Gasteiger partial charge in [-0.3, -0.25) is 9.59 Å². The topological polar surface area (TPSA) is 125 Å². The molecule has 11 heteroatoms. The van der Waals surface area contributed by atoms with Gasteiger partial charge in [0.15, 0.2) is 0 Å². The highest BCUT2D eigenvalue weighted by Crippen LogP contribution is 2.21. The molecule has 1 aliphatic heterocycles. The van der Waals surface area contributed by atoms with E-state index in [1.807, 2.05) is 0 Å². The molecule has 2 aromatic heterocycles. The Balaban J connectivity index is 1.34. The summed E-state index contributed by atoms with van der Waals surface area (Å²) in [5, 5.41) is 5.53. The maximum Gasteiger partial charge on any atom is 0.268 e. The first-order chi connectivity index (χ1) is 15.9. The molecule has 3 heterocycles. The number of thioether (sulfide) groups is 1. The molecule has 0 unspecified atom stereocenters. The van der Waals surface area contributed by atoms with Crippen LogP contribution < -0.4 is 10.6 Å². The summed E-state index contributed by atoms with van der Waals surface area (Å²) >= 11 is 1.72. The van der Waals surface area contributed by atoms with Crippen LogP contribution >= 0.6 is 11.8 Å². The fourth-order valence-electron chi connectivity index (χ4n) is 3.37. The van der Waals surface area contributed by atoms with Crippen LogP contribution in [-0.4, -0.2) is 54.1 Å². The van der Waals surface area contributed by atoms with E-state index >= 15 is 0 Å². The van der Waals surface area contributed by atoms with Gasteiger partial charge in [0.05, 0.1) is 12.8 Å². The van der Waals surface area contributed by atoms with E-state index in [0.717, 1.165) is 17.1 Å². The first kappa shape index (κ1) is 23.1. The summed E-state index contributed by atoms with van der Waals surface area (Å²) in [6, 6.07) is 11.8. The van der Waals surface area contributed by atoms with Crippen LogP contribution in [0, 0.1) is 0 Å². The standard InChI is InChI=1S/C22H24N4O5S2/c27-21(25-14-18-5-2-8-31-18)17-4-1-3-16(11-17)13-24-22(28)20-12-19(15-23-20)33(29,30)26-6-9-32-10-7-26/h1-5,8,11-12,15,23H,6-7,9-10,13-14H2,(H,24,28)(H,25,27). The van der Waals surface area contributed by atoms with Crippen molar-refractivity contribution in [1.82, 2.24) is 19.9 Å². The van der Waals surface area contributed by atoms with E-state index in [1.54, 1.807) is 54.4 Å². The minimum Gasteiger partial charge on any atom is -0.467 e. The van der Waals surface area contributed by atoms with Crippen LogP contribution in [0.4, 0.5) is 0 Å². The summed E-state index contributed by atoms with van der Waals surface area (Å²) in [5.74, 6) is 1.49. The lowest BCUT2D eigenvalue weighted by Gasteiger charge is -2.24. The molecule has 2 amide bonds. The zero-order chi connectivity index (χ0) is 23.3. The van der Waals surface area contributed by atoms with Gasteiger partial charge in [-0.15, -0.1) is 0 Å². The van der Waals surface area contributed by atoms with Crippen LogP contribution in [0.1, 0.15) is 32.2 Å². The smallest absolute Gasteiger partial charge is 0.268 e. The number of hydrogen-bond donors (Lipinski definition) is 3. The lowest BCUT2D eigenvalue weighted by atomic mass is 10.1. The average Bonchev–Trinajstić information content (AvgIpc) is 3.54. The third-order valence-electron chi connectivity index (χ3n) is 5.15. The minimum atomic E-state index is -3.62. The summed E-state index contributed by atoms with van der Waals surface area (Å²) in [4.78, 5) is 27.7. The van der Waals surface area contributed by atoms with Crippen LogP contribution in [0.3, 0.4) is 0 Å². The molecule has 3 N–H and O–H groups in total. The highest BCUT2D eigenvalue weighted by molar-refractivity contribution is 7.99. The number of nitrogens with one attached hydrogen (secondary N) is 3. The molecule has 1 fully saturated rings. The number of rotatable bonds is 8. The molecular formula is C22H24N4O5S2. The van der Waals surface area contributed by atoms with E-state index in [2.05, 4.69) is 15.6 Å². The molecule has 0 bridgehead atoms. The Kier molecular flexibility index (Phi) is 7.21. The molecule has 1 saturated heterocycles. The number of furan rings is 1. The van der Waals surface area contributed by atoms with E-state index in [1.165, 1.54) is 16.6 Å². The van der Waals surface area contributed by atoms with Gasteiger partial charge in [-0.2, -0.15) is 16.1 Å². The maximum atomic E-state index is 12.8. The van der Waals surface area contributed by atoms with Crippen LogP contribution in [0.5, 0.6) is 0 Å². The Hall–Kier alpha value is -3.02. The van der Waals surface area contributed by atoms with E-state index in [0.29, 0.717) is 24.4 Å². The van der Waals surface area contributed by atoms with Gasteiger partial charge in [0, 0.05) is 42.9 Å². The number of aromatic nitrogens is 1. The Labute approximate surface area is 196 Å². The second kappa shape index (κ2) is 10.3. The summed E-state index contributed by atoms with van der Waals surface area (Å²) in [5.41, 5.74) is 1.35. The number of carbonyl (C=O) groups is 2. The summed E-state index contributed by atoms with van der Waals surface area (Å²) < 4.78 is 32.1. The molecule has 4 rings (SSSR count). The van der Waals surface area contributed by atoms with Gasteiger partial charge in [-0.1, -0.05) is 12.1 Å². The van der Waals surface area contributed by atoms with E-state index in [9.17, 15) is 18.0 Å². The van der Waals surface area contributed by atoms with Crippen molar-refractivity contribution >= 4 is 33.6 Å². The van der Waals surface area contributed by atoms with Crippen LogP contribution in [0.25, 0.3) is 0 Å². The number of sulfonamides is 1. The third-order valence-corrected chi connectivity index (χ3v) is 7.97. The Bertz CT molecular complexity index is 1220. The maximum absolute atomic E-state index is 12.8. The molecule has 0 spiro atoms. The van der Waals surface area contributed by atoms with Crippen LogP contribution in [-0.2, 0) is 23.1 Å². The lowest BCUT2D eigenvalue weighted by Crippen LogP contribution is -2.37. The molecule has 9 nitrogen and oxygen atoms in total. The van der Waals surface area contributed by atoms with Crippen molar-refractivity contribution in [2.24, 2.45) is 0 Å². The van der Waals surface area contributed by atoms with E-state index < -0.39 is 15.9 Å². The fraction of sp³-hybridized carbons (Fsp3) is 0.273. The first-order valence-electron chi connectivity index (χ1n) is 10.4. The predicted octanol–water partition coefficient (Wildman–Crippen LogP) is 2.21. The van der Waals surface area contributed by atoms with Crippen molar-refractivity contribution in [2.75, 3.05) is 24.6 Å². The Morgan fingerprint density at radius 1 is 1.03 bits per heavy atom. The van der Waals surface area contributed by atoms with Gasteiger partial charge in [0.25, 0.3) is 11.8 Å². The molecule has 0 atom stereocenters. The van der Waals surface area contributed by atoms with E-state index in [-0.39, 0.29) is 29.6 Å². The lowest BCUT2D eigenvalue weighted by molar-refractivity contribution is 0.0941. The number of amides is 2. The second-order valence-electron chi connectivity index (χ2n) is 7.41. The van der Waals surface area contributed by atoms with Crippen molar-refractivity contribution in [1.29, 1.82) is 0 Å². The quantitative estimate of drug-likeness (QED) is 0.447. The van der Waals surface area contributed by atoms with Crippen molar-refractivity contribution in [3.05, 3.63) is 77.5 Å². The number of hydrogen-bond acceptors (Lipinski definition) is 6. The third kappa shape index (κ3) is 5.67. The summed E-state index contributed by atoms with van der Waals surface area (Å²) in [7, 11) is -3.62. The number of H-pyrrole nitrogens is 1. The fourth-order valence-corrected chi connectivity index (χ4v) is 5.94. The van der Waals surface area contributed by atoms with Crippen molar-refractivity contribution in [3.63, 3.8) is 0 Å². The van der Waals surface area contributed by atoms with Gasteiger partial charge in [-0.05, 0) is 35.9 Å². The predicted molar refractivity (Wildman–Crippen MR) is 124 cm³/mol. The first-order valence-corrected chi connectivity index (χ1v) is 13.0. The second-order valence-corrected chi connectivity index (χ2v) is 10.6. The largest absolute Gasteiger partial charge is 0.467 e. The SMILES string of the molecule is O=C(NCc1ccco1)c1cccc(CNC(=O)c2cc(S(=O)(=O)N3CCSCC3)c[nH]2)c1. The molecule has 0 radical (unpaired) electrons. The zero-order valence-corrected chi connectivity index (χ0v) is 19.4. The molecule has 1 aromatic carbocycles. The highest BCUT2D eigenvalue weighted by atomic mass is 32.2. The Morgan fingerprint density at radius 3 is 2.58 bits per heavy atom. The molecule has 174 valence electrons. The molecular weight excluding hydrogens is 464 g/mol. The number of nitrogens with zero attached hydrogens (tertiary/aromatic N) is 1. The summed E-state index contributed by atoms with van der Waals surface area (Å²) in [6.07, 6.45) is 2.89. The molecule has 3 aromatic rings. The van der Waals surface area contributed by atoms with Gasteiger partial charge < -0.3 is 20.0 Å². The van der Waals surface area contributed by atoms with Crippen LogP contribution in [0.15, 0.2) is 64.2 Å². The van der Waals surface area contributed by atoms with Crippen molar-refractivity contribution in [2.45, 2.75) is 18.0 Å². The molecule has 1 aliphatic rings. The van der Waals surface area contributed by atoms with Gasteiger partial charge in [-0.25, -0.2) is 8.42 Å². The zero-order valence-electron chi connectivity index (χ0n) is 17.7. The number of aromatic amines is 1. The van der Waals surface area contributed by atoms with Gasteiger partial charge >= 0.3 is 0 Å². The van der Waals surface area contributed by atoms with Gasteiger partial charge in [0.1, 0.15) is 16.3 Å². The number of carbonyl (C=O) groups excluding carboxylic acids is 2. The van der Waals surface area contributed by atoms with Crippen molar-refractivity contribution in [3.8, 4) is 0 Å².